The first-order valence-corrected chi connectivity index (χ1v) is 9.73. The number of rotatable bonds is 0. The predicted molar refractivity (Wildman–Crippen MR) is 107 cm³/mol. The zero-order chi connectivity index (χ0) is 18.3. The maximum absolute atomic E-state index is 5.81. The lowest BCUT2D eigenvalue weighted by Gasteiger charge is -2.25. The van der Waals surface area contributed by atoms with Gasteiger partial charge in [0.05, 0.1) is 45.3 Å². The molecule has 0 aliphatic carbocycles. The lowest BCUT2D eigenvalue weighted by Crippen LogP contribution is -2.37. The topological polar surface area (TPSA) is 55.3 Å². The molecule has 2 heterocycles. The van der Waals surface area contributed by atoms with Crippen LogP contribution >= 0.6 is 0 Å². The van der Waals surface area contributed by atoms with Gasteiger partial charge in [-0.1, -0.05) is 30.3 Å². The number of hydrogen-bond acceptors (Lipinski definition) is 6. The zero-order valence-electron chi connectivity index (χ0n) is 15.7. The van der Waals surface area contributed by atoms with Crippen molar-refractivity contribution in [2.24, 2.45) is 4.99 Å². The molecule has 0 aromatic heterocycles. The molecule has 0 atom stereocenters. The highest BCUT2D eigenvalue weighted by molar-refractivity contribution is 6.18. The van der Waals surface area contributed by atoms with Gasteiger partial charge >= 0.3 is 0 Å². The van der Waals surface area contributed by atoms with Crippen LogP contribution in [0.2, 0.25) is 0 Å². The minimum absolute atomic E-state index is 0.618. The van der Waals surface area contributed by atoms with Crippen LogP contribution in [0, 0.1) is 0 Å². The van der Waals surface area contributed by atoms with Crippen LogP contribution in [0.15, 0.2) is 41.4 Å². The van der Waals surface area contributed by atoms with Crippen LogP contribution in [0.1, 0.15) is 5.56 Å². The zero-order valence-corrected chi connectivity index (χ0v) is 15.7. The van der Waals surface area contributed by atoms with E-state index in [-0.39, 0.29) is 0 Å². The summed E-state index contributed by atoms with van der Waals surface area (Å²) in [6, 6.07) is 12.7. The van der Waals surface area contributed by atoms with Crippen molar-refractivity contribution in [2.75, 3.05) is 65.8 Å². The Morgan fingerprint density at radius 2 is 1.44 bits per heavy atom. The number of amidine groups is 1. The monoisotopic (exact) mass is 369 g/mol. The van der Waals surface area contributed by atoms with Crippen molar-refractivity contribution >= 4 is 22.3 Å². The van der Waals surface area contributed by atoms with Gasteiger partial charge in [-0.05, 0) is 11.5 Å². The standard InChI is InChI=1S/C21H27N3O3/c1-3-17-4-2-6-19-20(17)18(5-1)21(23-19)24-9-13-25-11-7-22-8-12-26-15-16-27-14-10-24/h1-6,22H,7-16H2. The molecule has 4 rings (SSSR count). The molecular weight excluding hydrogens is 342 g/mol. The molecule has 2 aromatic carbocycles. The third kappa shape index (κ3) is 4.47. The minimum atomic E-state index is 0.618. The van der Waals surface area contributed by atoms with Crippen LogP contribution in [0.5, 0.6) is 0 Å². The number of nitrogens with zero attached hydrogens (tertiary/aromatic N) is 2. The van der Waals surface area contributed by atoms with Gasteiger partial charge in [0.25, 0.3) is 0 Å². The number of hydrogen-bond donors (Lipinski definition) is 1. The van der Waals surface area contributed by atoms with Gasteiger partial charge in [-0.25, -0.2) is 4.99 Å². The molecule has 0 unspecified atom stereocenters. The molecule has 0 saturated carbocycles. The van der Waals surface area contributed by atoms with Crippen LogP contribution in [0.25, 0.3) is 10.8 Å². The molecule has 27 heavy (non-hydrogen) atoms. The summed E-state index contributed by atoms with van der Waals surface area (Å²) in [5.74, 6) is 1.02. The van der Waals surface area contributed by atoms with E-state index in [9.17, 15) is 0 Å². The summed E-state index contributed by atoms with van der Waals surface area (Å²) in [6.45, 7) is 7.22. The van der Waals surface area contributed by atoms with Gasteiger partial charge in [0, 0.05) is 37.1 Å². The van der Waals surface area contributed by atoms with Gasteiger partial charge in [-0.2, -0.15) is 0 Å². The molecule has 144 valence electrons. The Kier molecular flexibility index (Phi) is 6.32. The molecule has 0 bridgehead atoms. The molecular formula is C21H27N3O3. The van der Waals surface area contributed by atoms with Crippen molar-refractivity contribution in [3.05, 3.63) is 42.0 Å². The minimum Gasteiger partial charge on any atom is -0.378 e. The van der Waals surface area contributed by atoms with Crippen molar-refractivity contribution in [3.63, 3.8) is 0 Å². The highest BCUT2D eigenvalue weighted by atomic mass is 16.5. The van der Waals surface area contributed by atoms with Crippen LogP contribution < -0.4 is 5.32 Å². The van der Waals surface area contributed by atoms with Gasteiger partial charge in [-0.3, -0.25) is 0 Å². The second kappa shape index (κ2) is 9.28. The van der Waals surface area contributed by atoms with E-state index >= 15 is 0 Å². The summed E-state index contributed by atoms with van der Waals surface area (Å²) < 4.78 is 17.1. The van der Waals surface area contributed by atoms with E-state index in [1.54, 1.807) is 0 Å². The van der Waals surface area contributed by atoms with Gasteiger partial charge in [0.2, 0.25) is 0 Å². The molecule has 1 saturated heterocycles. The summed E-state index contributed by atoms with van der Waals surface area (Å²) in [6.07, 6.45) is 0. The van der Waals surface area contributed by atoms with Crippen molar-refractivity contribution in [3.8, 4) is 0 Å². The van der Waals surface area contributed by atoms with E-state index in [0.717, 1.165) is 37.7 Å². The SMILES string of the molecule is c1cc2c3c(cccc3c1)C(N1CCOCCNCCOCCOCC1)=N2. The fraction of sp³-hybridized carbons (Fsp3) is 0.476. The highest BCUT2D eigenvalue weighted by Crippen LogP contribution is 2.36. The Bertz CT molecular complexity index is 772. The molecule has 0 radical (unpaired) electrons. The summed E-state index contributed by atoms with van der Waals surface area (Å²) in [7, 11) is 0. The smallest absolute Gasteiger partial charge is 0.137 e. The van der Waals surface area contributed by atoms with Gasteiger partial charge in [-0.15, -0.1) is 0 Å². The maximum atomic E-state index is 5.81. The first kappa shape index (κ1) is 18.4. The normalized spacial score (nSPS) is 20.1. The molecule has 0 amide bonds. The van der Waals surface area contributed by atoms with Gasteiger partial charge in [0.15, 0.2) is 0 Å². The lowest BCUT2D eigenvalue weighted by atomic mass is 10.0. The van der Waals surface area contributed by atoms with E-state index in [1.165, 1.54) is 16.3 Å². The predicted octanol–water partition coefficient (Wildman–Crippen LogP) is 2.19. The fourth-order valence-corrected chi connectivity index (χ4v) is 3.53. The lowest BCUT2D eigenvalue weighted by molar-refractivity contribution is 0.0447. The first-order chi connectivity index (χ1) is 13.4. The van der Waals surface area contributed by atoms with Crippen molar-refractivity contribution < 1.29 is 14.2 Å². The van der Waals surface area contributed by atoms with Crippen LogP contribution in [0.3, 0.4) is 0 Å². The van der Waals surface area contributed by atoms with Crippen molar-refractivity contribution in [1.82, 2.24) is 10.2 Å². The van der Waals surface area contributed by atoms with E-state index in [0.29, 0.717) is 39.6 Å². The summed E-state index contributed by atoms with van der Waals surface area (Å²) in [4.78, 5) is 7.21. The fourth-order valence-electron chi connectivity index (χ4n) is 3.53. The quantitative estimate of drug-likeness (QED) is 0.771. The molecule has 0 spiro atoms. The van der Waals surface area contributed by atoms with Crippen LogP contribution in [-0.2, 0) is 14.2 Å². The average Bonchev–Trinajstić information content (AvgIpc) is 3.06. The Labute approximate surface area is 160 Å². The van der Waals surface area contributed by atoms with E-state index in [4.69, 9.17) is 19.2 Å². The largest absolute Gasteiger partial charge is 0.378 e. The van der Waals surface area contributed by atoms with Crippen molar-refractivity contribution in [2.45, 2.75) is 0 Å². The third-order valence-corrected chi connectivity index (χ3v) is 4.88. The molecule has 1 N–H and O–H groups in total. The Hall–Kier alpha value is -1.99. The molecule has 1 fully saturated rings. The van der Waals surface area contributed by atoms with Gasteiger partial charge in [0.1, 0.15) is 5.84 Å². The molecule has 6 nitrogen and oxygen atoms in total. The second-order valence-electron chi connectivity index (χ2n) is 6.69. The third-order valence-electron chi connectivity index (χ3n) is 4.88. The first-order valence-electron chi connectivity index (χ1n) is 9.73. The second-order valence-corrected chi connectivity index (χ2v) is 6.69. The van der Waals surface area contributed by atoms with Gasteiger partial charge < -0.3 is 24.4 Å². The Morgan fingerprint density at radius 1 is 0.778 bits per heavy atom. The van der Waals surface area contributed by atoms with E-state index in [1.807, 2.05) is 0 Å². The summed E-state index contributed by atoms with van der Waals surface area (Å²) >= 11 is 0. The molecule has 2 aromatic rings. The Balaban J connectivity index is 1.49. The maximum Gasteiger partial charge on any atom is 0.137 e. The number of aliphatic imine (C=N–C) groups is 1. The Morgan fingerprint density at radius 3 is 2.22 bits per heavy atom. The van der Waals surface area contributed by atoms with Crippen LogP contribution in [-0.4, -0.2) is 76.6 Å². The number of ether oxygens (including phenoxy) is 3. The summed E-state index contributed by atoms with van der Waals surface area (Å²) in [5, 5.41) is 5.79. The van der Waals surface area contributed by atoms with E-state index < -0.39 is 0 Å². The van der Waals surface area contributed by atoms with E-state index in [2.05, 4.69) is 46.6 Å². The highest BCUT2D eigenvalue weighted by Gasteiger charge is 2.22. The number of nitrogens with one attached hydrogen (secondary N) is 1. The molecule has 2 aliphatic rings. The van der Waals surface area contributed by atoms with Crippen LogP contribution in [0.4, 0.5) is 5.69 Å². The average molecular weight is 369 g/mol. The summed E-state index contributed by atoms with van der Waals surface area (Å²) in [5.41, 5.74) is 2.25. The number of benzene rings is 2. The molecule has 2 aliphatic heterocycles. The molecule has 6 heteroatoms. The van der Waals surface area contributed by atoms with Crippen molar-refractivity contribution in [1.29, 1.82) is 0 Å².